The van der Waals surface area contributed by atoms with Gasteiger partial charge < -0.3 is 24.6 Å². The van der Waals surface area contributed by atoms with E-state index >= 15 is 0 Å². The first-order valence-corrected chi connectivity index (χ1v) is 13.2. The molecule has 0 aromatic heterocycles. The van der Waals surface area contributed by atoms with Crippen molar-refractivity contribution in [3.63, 3.8) is 0 Å². The number of allylic oxidation sites excluding steroid dienone is 1. The molecule has 5 atom stereocenters. The number of likely N-dealkylation sites (tertiary alicyclic amines) is 1. The monoisotopic (exact) mass is 511 g/mol. The molecule has 0 radical (unpaired) electrons. The maximum atomic E-state index is 13.2. The third kappa shape index (κ3) is 9.56. The van der Waals surface area contributed by atoms with Crippen LogP contribution in [0.3, 0.4) is 0 Å². The molecule has 0 bridgehead atoms. The normalized spacial score (nSPS) is 19.5. The molecule has 1 saturated heterocycles. The van der Waals surface area contributed by atoms with Crippen LogP contribution in [0, 0.1) is 11.8 Å². The van der Waals surface area contributed by atoms with Crippen molar-refractivity contribution < 1.29 is 38.9 Å². The Morgan fingerprint density at radius 2 is 1.67 bits per heavy atom. The zero-order valence-electron chi connectivity index (χ0n) is 22.7. The van der Waals surface area contributed by atoms with Gasteiger partial charge in [-0.15, -0.1) is 0 Å². The molecule has 9 heteroatoms. The lowest BCUT2D eigenvalue weighted by molar-refractivity contribution is -0.181. The molecule has 1 aliphatic heterocycles. The molecule has 0 aliphatic carbocycles. The first-order chi connectivity index (χ1) is 16.9. The smallest absolute Gasteiger partial charge is 0.348 e. The van der Waals surface area contributed by atoms with Gasteiger partial charge in [0.25, 0.3) is 0 Å². The van der Waals surface area contributed by atoms with Crippen LogP contribution in [0.4, 0.5) is 0 Å². The van der Waals surface area contributed by atoms with E-state index in [1.54, 1.807) is 20.8 Å². The molecule has 5 unspecified atom stereocenters. The van der Waals surface area contributed by atoms with Crippen molar-refractivity contribution in [1.82, 2.24) is 4.90 Å². The number of carboxylic acid groups (broad SMARTS) is 1. The molecule has 1 rings (SSSR count). The summed E-state index contributed by atoms with van der Waals surface area (Å²) in [6.07, 6.45) is 5.95. The van der Waals surface area contributed by atoms with E-state index in [2.05, 4.69) is 6.92 Å². The molecule has 0 saturated carbocycles. The Hall–Kier alpha value is -2.42. The summed E-state index contributed by atoms with van der Waals surface area (Å²) in [6, 6.07) is -0.874. The number of aliphatic hydroxyl groups excluding tert-OH is 1. The lowest BCUT2D eigenvalue weighted by atomic mass is 9.95. The number of aliphatic hydroxyl groups is 1. The minimum absolute atomic E-state index is 0.346. The summed E-state index contributed by atoms with van der Waals surface area (Å²) in [5, 5.41) is 19.7. The number of carbonyl (C=O) groups is 4. The summed E-state index contributed by atoms with van der Waals surface area (Å²) in [5.41, 5.74) is 0.736. The number of esters is 2. The zero-order valence-corrected chi connectivity index (χ0v) is 22.7. The SMILES string of the molecule is CCCCCCCC=C(C)C(O)C(C)C(=O)N1CCCC1C(=O)OC(C(=O)OC(C)C(=O)O)C(C)C. The number of aliphatic carboxylic acids is 1. The molecule has 36 heavy (non-hydrogen) atoms. The van der Waals surface area contributed by atoms with Gasteiger partial charge in [-0.2, -0.15) is 0 Å². The number of hydrogen-bond donors (Lipinski definition) is 2. The molecule has 1 fully saturated rings. The maximum absolute atomic E-state index is 13.2. The number of amides is 1. The van der Waals surface area contributed by atoms with Gasteiger partial charge in [-0.05, 0) is 45.1 Å². The lowest BCUT2D eigenvalue weighted by Gasteiger charge is -2.30. The minimum atomic E-state index is -1.38. The predicted molar refractivity (Wildman–Crippen MR) is 135 cm³/mol. The Kier molecular flexibility index (Phi) is 13.7. The Balaban J connectivity index is 2.78. The van der Waals surface area contributed by atoms with Gasteiger partial charge in [-0.25, -0.2) is 14.4 Å². The van der Waals surface area contributed by atoms with Gasteiger partial charge in [-0.1, -0.05) is 59.5 Å². The van der Waals surface area contributed by atoms with Gasteiger partial charge in [-0.3, -0.25) is 4.79 Å². The van der Waals surface area contributed by atoms with Gasteiger partial charge in [0.15, 0.2) is 6.10 Å². The van der Waals surface area contributed by atoms with Crippen molar-refractivity contribution in [2.75, 3.05) is 6.54 Å². The number of ether oxygens (including phenoxy) is 2. The number of nitrogens with zero attached hydrogens (tertiary/aromatic N) is 1. The Bertz CT molecular complexity index is 778. The second-order valence-electron chi connectivity index (χ2n) is 10.1. The highest BCUT2D eigenvalue weighted by atomic mass is 16.6. The number of hydrogen-bond acceptors (Lipinski definition) is 7. The van der Waals surface area contributed by atoms with E-state index in [-0.39, 0.29) is 5.91 Å². The number of unbranched alkanes of at least 4 members (excludes halogenated alkanes) is 5. The number of carbonyl (C=O) groups excluding carboxylic acids is 3. The van der Waals surface area contributed by atoms with Crippen LogP contribution in [0.1, 0.15) is 92.9 Å². The van der Waals surface area contributed by atoms with Gasteiger partial charge in [0.2, 0.25) is 12.0 Å². The van der Waals surface area contributed by atoms with E-state index < -0.39 is 54.1 Å². The third-order valence-electron chi connectivity index (χ3n) is 6.63. The fourth-order valence-electron chi connectivity index (χ4n) is 4.22. The first-order valence-electron chi connectivity index (χ1n) is 13.2. The molecule has 206 valence electrons. The highest BCUT2D eigenvalue weighted by Gasteiger charge is 2.41. The number of rotatable bonds is 15. The Morgan fingerprint density at radius 1 is 1.03 bits per heavy atom. The molecule has 2 N–H and O–H groups in total. The third-order valence-corrected chi connectivity index (χ3v) is 6.63. The van der Waals surface area contributed by atoms with E-state index in [4.69, 9.17) is 14.6 Å². The summed E-state index contributed by atoms with van der Waals surface area (Å²) in [7, 11) is 0. The molecule has 0 aromatic carbocycles. The van der Waals surface area contributed by atoms with Crippen LogP contribution in [0.15, 0.2) is 11.6 Å². The largest absolute Gasteiger partial charge is 0.479 e. The summed E-state index contributed by atoms with van der Waals surface area (Å²) in [4.78, 5) is 51.0. The van der Waals surface area contributed by atoms with Crippen LogP contribution in [0.5, 0.6) is 0 Å². The van der Waals surface area contributed by atoms with Gasteiger partial charge >= 0.3 is 17.9 Å². The van der Waals surface area contributed by atoms with E-state index in [1.165, 1.54) is 31.1 Å². The van der Waals surface area contributed by atoms with Gasteiger partial charge in [0.1, 0.15) is 6.04 Å². The van der Waals surface area contributed by atoms with Crippen LogP contribution in [-0.2, 0) is 28.7 Å². The van der Waals surface area contributed by atoms with Crippen LogP contribution < -0.4 is 0 Å². The summed E-state index contributed by atoms with van der Waals surface area (Å²) in [5.74, 6) is -4.52. The molecule has 9 nitrogen and oxygen atoms in total. The molecule has 1 amide bonds. The second kappa shape index (κ2) is 15.6. The Labute approximate surface area is 215 Å². The van der Waals surface area contributed by atoms with Gasteiger partial charge in [0.05, 0.1) is 12.0 Å². The number of carboxylic acids is 1. The molecule has 1 heterocycles. The second-order valence-corrected chi connectivity index (χ2v) is 10.1. The fourth-order valence-corrected chi connectivity index (χ4v) is 4.22. The quantitative estimate of drug-likeness (QED) is 0.192. The summed E-state index contributed by atoms with van der Waals surface area (Å²) >= 11 is 0. The molecular formula is C27H45NO8. The fraction of sp³-hybridized carbons (Fsp3) is 0.778. The predicted octanol–water partition coefficient (Wildman–Crippen LogP) is 3.87. The van der Waals surface area contributed by atoms with Gasteiger partial charge in [0, 0.05) is 12.5 Å². The van der Waals surface area contributed by atoms with E-state index in [0.29, 0.717) is 19.4 Å². The van der Waals surface area contributed by atoms with E-state index in [0.717, 1.165) is 24.8 Å². The van der Waals surface area contributed by atoms with Crippen molar-refractivity contribution in [1.29, 1.82) is 0 Å². The van der Waals surface area contributed by atoms with E-state index in [1.807, 2.05) is 13.0 Å². The highest BCUT2D eigenvalue weighted by Crippen LogP contribution is 2.25. The van der Waals surface area contributed by atoms with Crippen molar-refractivity contribution >= 4 is 23.8 Å². The lowest BCUT2D eigenvalue weighted by Crippen LogP contribution is -2.48. The van der Waals surface area contributed by atoms with Crippen molar-refractivity contribution in [2.24, 2.45) is 11.8 Å². The molecule has 0 spiro atoms. The van der Waals surface area contributed by atoms with Crippen LogP contribution in [-0.4, -0.2) is 69.8 Å². The van der Waals surface area contributed by atoms with Crippen LogP contribution in [0.2, 0.25) is 0 Å². The average molecular weight is 512 g/mol. The Morgan fingerprint density at radius 3 is 2.25 bits per heavy atom. The first kappa shape index (κ1) is 31.6. The average Bonchev–Trinajstić information content (AvgIpc) is 3.32. The zero-order chi connectivity index (χ0) is 27.4. The summed E-state index contributed by atoms with van der Waals surface area (Å²) < 4.78 is 10.3. The van der Waals surface area contributed by atoms with Crippen LogP contribution >= 0.6 is 0 Å². The minimum Gasteiger partial charge on any atom is -0.479 e. The van der Waals surface area contributed by atoms with Crippen molar-refractivity contribution in [3.05, 3.63) is 11.6 Å². The van der Waals surface area contributed by atoms with Crippen molar-refractivity contribution in [2.45, 2.75) is 117 Å². The standard InChI is InChI=1S/C27H45NO8/c1-7-8-9-10-11-12-14-18(4)22(29)19(5)24(30)28-16-13-15-21(28)26(33)36-23(17(2)3)27(34)35-20(6)25(31)32/h14,17,19-23,29H,7-13,15-16H2,1-6H3,(H,31,32). The molecule has 1 aliphatic rings. The van der Waals surface area contributed by atoms with Crippen molar-refractivity contribution in [3.8, 4) is 0 Å². The molecule has 0 aromatic rings. The van der Waals surface area contributed by atoms with Crippen LogP contribution in [0.25, 0.3) is 0 Å². The molecular weight excluding hydrogens is 466 g/mol. The highest BCUT2D eigenvalue weighted by molar-refractivity contribution is 5.88. The summed E-state index contributed by atoms with van der Waals surface area (Å²) in [6.45, 7) is 10.5. The van der Waals surface area contributed by atoms with E-state index in [9.17, 15) is 24.3 Å². The topological polar surface area (TPSA) is 130 Å². The maximum Gasteiger partial charge on any atom is 0.348 e.